The van der Waals surface area contributed by atoms with Crippen molar-refractivity contribution < 1.29 is 14.6 Å². The molecule has 21 heavy (non-hydrogen) atoms. The van der Waals surface area contributed by atoms with Crippen LogP contribution in [0.15, 0.2) is 42.5 Å². The first kappa shape index (κ1) is 14.9. The molecule has 0 aromatic heterocycles. The van der Waals surface area contributed by atoms with Crippen LogP contribution in [0.3, 0.4) is 0 Å². The number of ether oxygens (including phenoxy) is 1. The lowest BCUT2D eigenvalue weighted by Gasteiger charge is -2.09. The summed E-state index contributed by atoms with van der Waals surface area (Å²) in [5.74, 6) is -0.261. The van der Waals surface area contributed by atoms with Gasteiger partial charge in [0.1, 0.15) is 17.9 Å². The van der Waals surface area contributed by atoms with Crippen LogP contribution in [-0.2, 0) is 11.3 Å². The third-order valence-electron chi connectivity index (χ3n) is 3.26. The van der Waals surface area contributed by atoms with Gasteiger partial charge in [-0.3, -0.25) is 0 Å². The molecule has 0 bridgehead atoms. The number of esters is 1. The number of anilines is 1. The molecule has 110 valence electrons. The van der Waals surface area contributed by atoms with Crippen LogP contribution in [0, 0.1) is 0 Å². The summed E-state index contributed by atoms with van der Waals surface area (Å²) in [5.41, 5.74) is 8.21. The predicted molar refractivity (Wildman–Crippen MR) is 82.2 cm³/mol. The van der Waals surface area contributed by atoms with Crippen molar-refractivity contribution in [2.75, 3.05) is 5.73 Å². The lowest BCUT2D eigenvalue weighted by atomic mass is 10.0. The van der Waals surface area contributed by atoms with Crippen molar-refractivity contribution >= 4 is 11.7 Å². The molecule has 4 nitrogen and oxygen atoms in total. The molecule has 0 aliphatic carbocycles. The summed E-state index contributed by atoms with van der Waals surface area (Å²) in [5, 5.41) is 9.64. The van der Waals surface area contributed by atoms with Gasteiger partial charge in [-0.1, -0.05) is 38.1 Å². The summed E-state index contributed by atoms with van der Waals surface area (Å²) in [6.07, 6.45) is 0. The van der Waals surface area contributed by atoms with Crippen LogP contribution >= 0.6 is 0 Å². The largest absolute Gasteiger partial charge is 0.507 e. The zero-order chi connectivity index (χ0) is 15.4. The van der Waals surface area contributed by atoms with E-state index in [4.69, 9.17) is 10.5 Å². The van der Waals surface area contributed by atoms with E-state index in [2.05, 4.69) is 13.8 Å². The molecule has 0 heterocycles. The molecule has 0 saturated carbocycles. The van der Waals surface area contributed by atoms with Crippen molar-refractivity contribution in [1.82, 2.24) is 0 Å². The Morgan fingerprint density at radius 2 is 1.86 bits per heavy atom. The average Bonchev–Trinajstić information content (AvgIpc) is 2.47. The van der Waals surface area contributed by atoms with Gasteiger partial charge in [-0.25, -0.2) is 4.79 Å². The molecule has 4 heteroatoms. The molecular formula is C17H19NO3. The fraction of sp³-hybridized carbons (Fsp3) is 0.235. The van der Waals surface area contributed by atoms with E-state index < -0.39 is 5.97 Å². The monoisotopic (exact) mass is 285 g/mol. The van der Waals surface area contributed by atoms with E-state index in [0.29, 0.717) is 11.6 Å². The molecule has 3 N–H and O–H groups in total. The number of hydrogen-bond acceptors (Lipinski definition) is 4. The minimum absolute atomic E-state index is 0.0776. The van der Waals surface area contributed by atoms with E-state index in [1.54, 1.807) is 0 Å². The van der Waals surface area contributed by atoms with Gasteiger partial charge in [0, 0.05) is 5.69 Å². The summed E-state index contributed by atoms with van der Waals surface area (Å²) in [6, 6.07) is 12.2. The second kappa shape index (κ2) is 6.31. The summed E-state index contributed by atoms with van der Waals surface area (Å²) in [4.78, 5) is 11.9. The Balaban J connectivity index is 2.02. The highest BCUT2D eigenvalue weighted by Crippen LogP contribution is 2.21. The maximum atomic E-state index is 11.9. The van der Waals surface area contributed by atoms with Crippen LogP contribution in [0.5, 0.6) is 5.75 Å². The van der Waals surface area contributed by atoms with E-state index in [-0.39, 0.29) is 17.9 Å². The Hall–Kier alpha value is -2.49. The van der Waals surface area contributed by atoms with Gasteiger partial charge in [-0.15, -0.1) is 0 Å². The second-order valence-electron chi connectivity index (χ2n) is 5.25. The Labute approximate surface area is 124 Å². The number of phenols is 1. The van der Waals surface area contributed by atoms with Crippen molar-refractivity contribution in [2.24, 2.45) is 0 Å². The zero-order valence-electron chi connectivity index (χ0n) is 12.2. The molecule has 0 saturated heterocycles. The van der Waals surface area contributed by atoms with Gasteiger partial charge < -0.3 is 15.6 Å². The fourth-order valence-corrected chi connectivity index (χ4v) is 1.94. The third kappa shape index (κ3) is 3.75. The Morgan fingerprint density at radius 3 is 2.48 bits per heavy atom. The number of benzene rings is 2. The first-order chi connectivity index (χ1) is 9.97. The quantitative estimate of drug-likeness (QED) is 0.512. The van der Waals surface area contributed by atoms with Crippen LogP contribution in [0.1, 0.15) is 41.3 Å². The van der Waals surface area contributed by atoms with Crippen LogP contribution in [0.25, 0.3) is 0 Å². The first-order valence-corrected chi connectivity index (χ1v) is 6.82. The first-order valence-electron chi connectivity index (χ1n) is 6.82. The van der Waals surface area contributed by atoms with Crippen molar-refractivity contribution in [3.8, 4) is 5.75 Å². The number of phenolic OH excluding ortho intramolecular Hbond substituents is 1. The molecule has 2 aromatic rings. The van der Waals surface area contributed by atoms with Crippen LogP contribution in [-0.4, -0.2) is 11.1 Å². The van der Waals surface area contributed by atoms with Crippen molar-refractivity contribution in [3.63, 3.8) is 0 Å². The molecule has 0 amide bonds. The second-order valence-corrected chi connectivity index (χ2v) is 5.25. The highest BCUT2D eigenvalue weighted by molar-refractivity contribution is 5.93. The Kier molecular flexibility index (Phi) is 4.48. The van der Waals surface area contributed by atoms with Crippen molar-refractivity contribution in [2.45, 2.75) is 26.4 Å². The predicted octanol–water partition coefficient (Wildman–Crippen LogP) is 3.45. The van der Waals surface area contributed by atoms with Crippen molar-refractivity contribution in [1.29, 1.82) is 0 Å². The molecule has 0 aliphatic rings. The van der Waals surface area contributed by atoms with E-state index in [0.717, 1.165) is 5.56 Å². The maximum Gasteiger partial charge on any atom is 0.342 e. The van der Waals surface area contributed by atoms with Crippen molar-refractivity contribution in [3.05, 3.63) is 59.2 Å². The molecule has 2 aromatic carbocycles. The van der Waals surface area contributed by atoms with Gasteiger partial charge >= 0.3 is 5.97 Å². The number of aromatic hydroxyl groups is 1. The van der Waals surface area contributed by atoms with Crippen LogP contribution in [0.2, 0.25) is 0 Å². The third-order valence-corrected chi connectivity index (χ3v) is 3.26. The highest BCUT2D eigenvalue weighted by atomic mass is 16.5. The molecule has 0 spiro atoms. The number of nitrogens with two attached hydrogens (primary N) is 1. The van der Waals surface area contributed by atoms with E-state index >= 15 is 0 Å². The number of hydrogen-bond donors (Lipinski definition) is 2. The maximum absolute atomic E-state index is 11.9. The van der Waals surface area contributed by atoms with Gasteiger partial charge in [0.25, 0.3) is 0 Å². The van der Waals surface area contributed by atoms with Crippen LogP contribution < -0.4 is 5.73 Å². The van der Waals surface area contributed by atoms with E-state index in [1.165, 1.54) is 23.8 Å². The van der Waals surface area contributed by atoms with Gasteiger partial charge in [0.05, 0.1) is 0 Å². The number of carbonyl (C=O) groups is 1. The van der Waals surface area contributed by atoms with Gasteiger partial charge in [0.15, 0.2) is 0 Å². The normalized spacial score (nSPS) is 10.6. The average molecular weight is 285 g/mol. The minimum atomic E-state index is -0.590. The summed E-state index contributed by atoms with van der Waals surface area (Å²) >= 11 is 0. The summed E-state index contributed by atoms with van der Waals surface area (Å²) in [6.45, 7) is 4.40. The van der Waals surface area contributed by atoms with Crippen LogP contribution in [0.4, 0.5) is 5.69 Å². The standard InChI is InChI=1S/C17H19NO3/c1-11(2)13-5-3-12(4-6-13)10-21-17(20)15-9-14(18)7-8-16(15)19/h3-9,11,19H,10,18H2,1-2H3. The van der Waals surface area contributed by atoms with Gasteiger partial charge in [-0.2, -0.15) is 0 Å². The SMILES string of the molecule is CC(C)c1ccc(COC(=O)c2cc(N)ccc2O)cc1. The number of carbonyl (C=O) groups excluding carboxylic acids is 1. The van der Waals surface area contributed by atoms with E-state index in [9.17, 15) is 9.90 Å². The summed E-state index contributed by atoms with van der Waals surface area (Å²) in [7, 11) is 0. The lowest BCUT2D eigenvalue weighted by Crippen LogP contribution is -2.06. The van der Waals surface area contributed by atoms with Gasteiger partial charge in [0.2, 0.25) is 0 Å². The molecule has 2 rings (SSSR count). The molecule has 0 unspecified atom stereocenters. The molecule has 0 radical (unpaired) electrons. The summed E-state index contributed by atoms with van der Waals surface area (Å²) < 4.78 is 5.20. The topological polar surface area (TPSA) is 72.5 Å². The number of nitrogen functional groups attached to an aromatic ring is 1. The zero-order valence-corrected chi connectivity index (χ0v) is 12.2. The molecular weight excluding hydrogens is 266 g/mol. The molecule has 0 atom stereocenters. The molecule has 0 fully saturated rings. The lowest BCUT2D eigenvalue weighted by molar-refractivity contribution is 0.0469. The Bertz CT molecular complexity index is 633. The van der Waals surface area contributed by atoms with Gasteiger partial charge in [-0.05, 0) is 35.2 Å². The Morgan fingerprint density at radius 1 is 1.19 bits per heavy atom. The van der Waals surface area contributed by atoms with E-state index in [1.807, 2.05) is 24.3 Å². The molecule has 0 aliphatic heterocycles. The number of rotatable bonds is 4. The fourth-order valence-electron chi connectivity index (χ4n) is 1.94. The highest BCUT2D eigenvalue weighted by Gasteiger charge is 2.13. The smallest absolute Gasteiger partial charge is 0.342 e. The minimum Gasteiger partial charge on any atom is -0.507 e.